The summed E-state index contributed by atoms with van der Waals surface area (Å²) in [5.74, 6) is 0.0323. The summed E-state index contributed by atoms with van der Waals surface area (Å²) in [4.78, 5) is 19.4. The number of nitrogens with zero attached hydrogens (tertiary/aromatic N) is 3. The van der Waals surface area contributed by atoms with Gasteiger partial charge in [-0.05, 0) is 48.7 Å². The molecule has 1 aliphatic rings. The number of aryl methyl sites for hydroxylation is 2. The lowest BCUT2D eigenvalue weighted by atomic mass is 9.94. The highest BCUT2D eigenvalue weighted by molar-refractivity contribution is 6.00. The van der Waals surface area contributed by atoms with Crippen LogP contribution >= 0.6 is 0 Å². The quantitative estimate of drug-likeness (QED) is 0.517. The molecule has 3 heterocycles. The van der Waals surface area contributed by atoms with E-state index in [1.54, 1.807) is 18.5 Å². The monoisotopic (exact) mass is 410 g/mol. The predicted octanol–water partition coefficient (Wildman–Crippen LogP) is 4.54. The minimum atomic E-state index is -0.322. The van der Waals surface area contributed by atoms with Crippen molar-refractivity contribution in [1.29, 1.82) is 0 Å². The van der Waals surface area contributed by atoms with Gasteiger partial charge in [0.25, 0.3) is 5.91 Å². The van der Waals surface area contributed by atoms with Gasteiger partial charge in [0.15, 0.2) is 0 Å². The highest BCUT2D eigenvalue weighted by Gasteiger charge is 2.42. The van der Waals surface area contributed by atoms with Crippen LogP contribution in [0.4, 0.5) is 0 Å². The number of aromatic amines is 1. The number of fused-ring (bicyclic) bond motifs is 1. The van der Waals surface area contributed by atoms with E-state index in [0.29, 0.717) is 23.5 Å². The number of carbonyl (C=O) groups is 1. The molecule has 0 saturated carbocycles. The number of rotatable bonds is 4. The van der Waals surface area contributed by atoms with Crippen molar-refractivity contribution in [3.8, 4) is 17.0 Å². The number of phenolic OH excluding ortho intramolecular Hbond substituents is 1. The van der Waals surface area contributed by atoms with Crippen LogP contribution in [-0.2, 0) is 6.54 Å². The number of aromatic hydroxyl groups is 1. The number of nitrogens with one attached hydrogen (secondary N) is 1. The van der Waals surface area contributed by atoms with Crippen molar-refractivity contribution >= 4 is 5.91 Å². The number of hydrogen-bond acceptors (Lipinski definition) is 4. The summed E-state index contributed by atoms with van der Waals surface area (Å²) in [6.45, 7) is 4.38. The Morgan fingerprint density at radius 2 is 1.84 bits per heavy atom. The Hall–Kier alpha value is -3.93. The summed E-state index contributed by atoms with van der Waals surface area (Å²) in [6.07, 6.45) is 3.49. The second-order valence-corrected chi connectivity index (χ2v) is 7.99. The molecule has 31 heavy (non-hydrogen) atoms. The van der Waals surface area contributed by atoms with Gasteiger partial charge in [-0.1, -0.05) is 42.0 Å². The Morgan fingerprint density at radius 3 is 2.55 bits per heavy atom. The molecule has 2 aromatic heterocycles. The fourth-order valence-electron chi connectivity index (χ4n) is 4.19. The van der Waals surface area contributed by atoms with Gasteiger partial charge in [0, 0.05) is 30.1 Å². The number of H-pyrrole nitrogens is 1. The molecular formula is C25H22N4O2. The van der Waals surface area contributed by atoms with E-state index >= 15 is 0 Å². The second kappa shape index (κ2) is 7.40. The fourth-order valence-corrected chi connectivity index (χ4v) is 4.19. The molecule has 0 bridgehead atoms. The largest absolute Gasteiger partial charge is 0.507 e. The SMILES string of the molecule is Cc1ccc([C@H]2c3c(-c4ccc(C)cc4O)n[nH]c3C(=O)N2Cc2cccnc2)cc1. The van der Waals surface area contributed by atoms with E-state index in [2.05, 4.69) is 15.2 Å². The van der Waals surface area contributed by atoms with Crippen LogP contribution in [0.3, 0.4) is 0 Å². The topological polar surface area (TPSA) is 82.1 Å². The third-order valence-electron chi connectivity index (χ3n) is 5.74. The third-order valence-corrected chi connectivity index (χ3v) is 5.74. The van der Waals surface area contributed by atoms with Crippen molar-refractivity contribution in [2.24, 2.45) is 0 Å². The summed E-state index contributed by atoms with van der Waals surface area (Å²) in [6, 6.07) is 17.2. The Bertz CT molecular complexity index is 1260. The number of pyridine rings is 1. The molecule has 1 atom stereocenters. The number of phenols is 1. The average Bonchev–Trinajstić information content (AvgIpc) is 3.29. The van der Waals surface area contributed by atoms with E-state index in [1.165, 1.54) is 0 Å². The van der Waals surface area contributed by atoms with Crippen LogP contribution in [-0.4, -0.2) is 31.1 Å². The maximum absolute atomic E-state index is 13.4. The van der Waals surface area contributed by atoms with Crippen LogP contribution in [0.2, 0.25) is 0 Å². The number of hydrogen-bond donors (Lipinski definition) is 2. The van der Waals surface area contributed by atoms with Crippen LogP contribution in [0.5, 0.6) is 5.75 Å². The van der Waals surface area contributed by atoms with E-state index in [1.807, 2.05) is 67.3 Å². The maximum atomic E-state index is 13.4. The Labute approximate surface area is 180 Å². The van der Waals surface area contributed by atoms with Gasteiger partial charge < -0.3 is 10.0 Å². The molecule has 154 valence electrons. The lowest BCUT2D eigenvalue weighted by Crippen LogP contribution is -2.29. The molecule has 0 unspecified atom stereocenters. The molecule has 6 heteroatoms. The molecule has 0 radical (unpaired) electrons. The molecule has 2 aromatic carbocycles. The molecule has 1 amide bonds. The number of carbonyl (C=O) groups excluding carboxylic acids is 1. The van der Waals surface area contributed by atoms with Gasteiger partial charge in [-0.2, -0.15) is 5.10 Å². The molecule has 5 rings (SSSR count). The van der Waals surface area contributed by atoms with E-state index in [9.17, 15) is 9.90 Å². The van der Waals surface area contributed by atoms with Gasteiger partial charge in [0.05, 0.1) is 6.04 Å². The van der Waals surface area contributed by atoms with E-state index in [-0.39, 0.29) is 17.7 Å². The van der Waals surface area contributed by atoms with Crippen molar-refractivity contribution in [3.05, 3.63) is 101 Å². The Morgan fingerprint density at radius 1 is 1.06 bits per heavy atom. The molecule has 0 spiro atoms. The van der Waals surface area contributed by atoms with E-state index in [4.69, 9.17) is 0 Å². The lowest BCUT2D eigenvalue weighted by Gasteiger charge is -2.26. The number of benzene rings is 2. The van der Waals surface area contributed by atoms with Gasteiger partial charge >= 0.3 is 0 Å². The number of amides is 1. The van der Waals surface area contributed by atoms with Crippen LogP contribution in [0, 0.1) is 13.8 Å². The van der Waals surface area contributed by atoms with Gasteiger partial charge in [-0.3, -0.25) is 14.9 Å². The molecule has 6 nitrogen and oxygen atoms in total. The molecule has 0 saturated heterocycles. The minimum absolute atomic E-state index is 0.116. The minimum Gasteiger partial charge on any atom is -0.507 e. The molecule has 1 aliphatic heterocycles. The first kappa shape index (κ1) is 19.1. The summed E-state index contributed by atoms with van der Waals surface area (Å²) < 4.78 is 0. The maximum Gasteiger partial charge on any atom is 0.273 e. The Kier molecular flexibility index (Phi) is 4.55. The second-order valence-electron chi connectivity index (χ2n) is 7.99. The van der Waals surface area contributed by atoms with Gasteiger partial charge in [-0.25, -0.2) is 0 Å². The first-order chi connectivity index (χ1) is 15.0. The summed E-state index contributed by atoms with van der Waals surface area (Å²) in [5, 5.41) is 18.0. The fraction of sp³-hybridized carbons (Fsp3) is 0.160. The van der Waals surface area contributed by atoms with E-state index in [0.717, 1.165) is 27.8 Å². The lowest BCUT2D eigenvalue weighted by molar-refractivity contribution is 0.0730. The normalized spacial score (nSPS) is 15.4. The molecule has 4 aromatic rings. The zero-order valence-electron chi connectivity index (χ0n) is 17.3. The summed E-state index contributed by atoms with van der Waals surface area (Å²) in [5.41, 5.74) is 6.51. The standard InChI is InChI=1S/C25H22N4O2/c1-15-5-8-18(9-6-15)24-21-22(19-10-7-16(2)12-20(19)30)27-28-23(21)25(31)29(24)14-17-4-3-11-26-13-17/h3-13,24,30H,14H2,1-2H3,(H,27,28)/t24-/m0/s1. The van der Waals surface area contributed by atoms with Crippen molar-refractivity contribution in [2.45, 2.75) is 26.4 Å². The average molecular weight is 410 g/mol. The smallest absolute Gasteiger partial charge is 0.273 e. The zero-order chi connectivity index (χ0) is 21.5. The van der Waals surface area contributed by atoms with Crippen LogP contribution < -0.4 is 0 Å². The van der Waals surface area contributed by atoms with Crippen molar-refractivity contribution in [2.75, 3.05) is 0 Å². The number of aromatic nitrogens is 3. The Balaban J connectivity index is 1.67. The van der Waals surface area contributed by atoms with E-state index < -0.39 is 0 Å². The van der Waals surface area contributed by atoms with Gasteiger partial charge in [0.2, 0.25) is 0 Å². The van der Waals surface area contributed by atoms with Crippen molar-refractivity contribution in [1.82, 2.24) is 20.1 Å². The zero-order valence-corrected chi connectivity index (χ0v) is 17.3. The molecule has 2 N–H and O–H groups in total. The van der Waals surface area contributed by atoms with Gasteiger partial charge in [-0.15, -0.1) is 0 Å². The van der Waals surface area contributed by atoms with Crippen molar-refractivity contribution in [3.63, 3.8) is 0 Å². The predicted molar refractivity (Wildman–Crippen MR) is 118 cm³/mol. The van der Waals surface area contributed by atoms with Crippen LogP contribution in [0.1, 0.15) is 44.3 Å². The van der Waals surface area contributed by atoms with Gasteiger partial charge in [0.1, 0.15) is 17.1 Å². The molecule has 0 fully saturated rings. The highest BCUT2D eigenvalue weighted by Crippen LogP contribution is 2.45. The third kappa shape index (κ3) is 3.26. The van der Waals surface area contributed by atoms with Crippen LogP contribution in [0.15, 0.2) is 67.0 Å². The summed E-state index contributed by atoms with van der Waals surface area (Å²) >= 11 is 0. The highest BCUT2D eigenvalue weighted by atomic mass is 16.3. The first-order valence-electron chi connectivity index (χ1n) is 10.2. The van der Waals surface area contributed by atoms with Crippen LogP contribution in [0.25, 0.3) is 11.3 Å². The molecule has 0 aliphatic carbocycles. The first-order valence-corrected chi connectivity index (χ1v) is 10.2. The van der Waals surface area contributed by atoms with Crippen molar-refractivity contribution < 1.29 is 9.90 Å². The molecular weight excluding hydrogens is 388 g/mol. The summed E-state index contributed by atoms with van der Waals surface area (Å²) in [7, 11) is 0.